The van der Waals surface area contributed by atoms with Gasteiger partial charge in [0.15, 0.2) is 0 Å². The Bertz CT molecular complexity index is 439. The minimum atomic E-state index is -0.648. The number of benzene rings is 1. The molecule has 0 aromatic heterocycles. The van der Waals surface area contributed by atoms with Crippen LogP contribution in [0.3, 0.4) is 0 Å². The van der Waals surface area contributed by atoms with E-state index in [0.29, 0.717) is 12.0 Å². The summed E-state index contributed by atoms with van der Waals surface area (Å²) in [5.41, 5.74) is 0.421. The Hall–Kier alpha value is -1.78. The van der Waals surface area contributed by atoms with Gasteiger partial charge < -0.3 is 0 Å². The van der Waals surface area contributed by atoms with Crippen LogP contribution in [-0.4, -0.2) is 17.1 Å². The molecule has 1 amide bonds. The highest BCUT2D eigenvalue weighted by atomic mass is 19.1. The lowest BCUT2D eigenvalue weighted by Gasteiger charge is -2.20. The Kier molecular flexibility index (Phi) is 2.68. The van der Waals surface area contributed by atoms with Crippen LogP contribution in [0.4, 0.5) is 8.78 Å². The van der Waals surface area contributed by atoms with Crippen molar-refractivity contribution < 1.29 is 13.6 Å². The molecule has 16 heavy (non-hydrogen) atoms. The number of carbonyl (C=O) groups excluding carboxylic acids is 1. The summed E-state index contributed by atoms with van der Waals surface area (Å²) in [5.74, 6) is -1.54. The Labute approximate surface area is 91.4 Å². The monoisotopic (exact) mass is 224 g/mol. The highest BCUT2D eigenvalue weighted by Crippen LogP contribution is 2.28. The lowest BCUT2D eigenvalue weighted by atomic mass is 10.0. The van der Waals surface area contributed by atoms with Gasteiger partial charge in [-0.2, -0.15) is 5.10 Å². The maximum Gasteiger partial charge on any atom is 0.240 e. The van der Waals surface area contributed by atoms with Crippen molar-refractivity contribution in [1.82, 2.24) is 5.01 Å². The predicted molar refractivity (Wildman–Crippen MR) is 54.7 cm³/mol. The normalized spacial score (nSPS) is 19.2. The fourth-order valence-electron chi connectivity index (χ4n) is 1.76. The topological polar surface area (TPSA) is 32.7 Å². The third-order valence-electron chi connectivity index (χ3n) is 2.42. The summed E-state index contributed by atoms with van der Waals surface area (Å²) >= 11 is 0. The van der Waals surface area contributed by atoms with E-state index in [0.717, 1.165) is 6.07 Å². The van der Waals surface area contributed by atoms with E-state index in [4.69, 9.17) is 0 Å². The number of rotatable bonds is 1. The number of amides is 1. The molecule has 0 fully saturated rings. The number of nitrogens with zero attached hydrogens (tertiary/aromatic N) is 2. The van der Waals surface area contributed by atoms with Crippen LogP contribution in [0.25, 0.3) is 0 Å². The standard InChI is InChI=1S/C11H10F2N2O/c1-7(16)15-11(2-3-14-15)8-4-9(12)6-10(13)5-8/h3-6,11H,2H2,1H3. The van der Waals surface area contributed by atoms with Crippen molar-refractivity contribution in [2.45, 2.75) is 19.4 Å². The van der Waals surface area contributed by atoms with E-state index in [2.05, 4.69) is 5.10 Å². The molecular formula is C11H10F2N2O. The molecule has 0 aliphatic carbocycles. The lowest BCUT2D eigenvalue weighted by molar-refractivity contribution is -0.130. The van der Waals surface area contributed by atoms with E-state index in [1.165, 1.54) is 24.1 Å². The molecule has 0 bridgehead atoms. The average molecular weight is 224 g/mol. The first-order chi connectivity index (χ1) is 7.58. The van der Waals surface area contributed by atoms with Crippen LogP contribution in [0.1, 0.15) is 24.9 Å². The van der Waals surface area contributed by atoms with Gasteiger partial charge in [0.25, 0.3) is 0 Å². The Morgan fingerprint density at radius 1 is 1.38 bits per heavy atom. The van der Waals surface area contributed by atoms with Crippen LogP contribution in [0.15, 0.2) is 23.3 Å². The Morgan fingerprint density at radius 2 is 2.00 bits per heavy atom. The first kappa shape index (κ1) is 10.7. The van der Waals surface area contributed by atoms with Crippen molar-refractivity contribution in [3.05, 3.63) is 35.4 Å². The fourth-order valence-corrected chi connectivity index (χ4v) is 1.76. The molecule has 0 spiro atoms. The van der Waals surface area contributed by atoms with Gasteiger partial charge in [-0.05, 0) is 17.7 Å². The molecule has 1 aliphatic rings. The van der Waals surface area contributed by atoms with Crippen molar-refractivity contribution in [1.29, 1.82) is 0 Å². The zero-order valence-electron chi connectivity index (χ0n) is 8.65. The van der Waals surface area contributed by atoms with Crippen molar-refractivity contribution in [3.63, 3.8) is 0 Å². The maximum absolute atomic E-state index is 13.0. The van der Waals surface area contributed by atoms with Gasteiger partial charge in [0.05, 0.1) is 6.04 Å². The molecule has 1 heterocycles. The quantitative estimate of drug-likeness (QED) is 0.720. The molecule has 0 N–H and O–H groups in total. The predicted octanol–water partition coefficient (Wildman–Crippen LogP) is 2.24. The SMILES string of the molecule is CC(=O)N1N=CCC1c1cc(F)cc(F)c1. The molecule has 1 unspecified atom stereocenters. The zero-order chi connectivity index (χ0) is 11.7. The van der Waals surface area contributed by atoms with Crippen molar-refractivity contribution >= 4 is 12.1 Å². The average Bonchev–Trinajstić information content (AvgIpc) is 2.63. The number of halogens is 2. The second kappa shape index (κ2) is 4.00. The fraction of sp³-hybridized carbons (Fsp3) is 0.273. The largest absolute Gasteiger partial charge is 0.273 e. The minimum Gasteiger partial charge on any atom is -0.273 e. The van der Waals surface area contributed by atoms with Crippen LogP contribution >= 0.6 is 0 Å². The second-order valence-corrected chi connectivity index (χ2v) is 3.62. The molecule has 5 heteroatoms. The summed E-state index contributed by atoms with van der Waals surface area (Å²) in [6.07, 6.45) is 2.04. The highest BCUT2D eigenvalue weighted by molar-refractivity contribution is 5.77. The second-order valence-electron chi connectivity index (χ2n) is 3.62. The summed E-state index contributed by atoms with van der Waals surface area (Å²) in [4.78, 5) is 11.2. The van der Waals surface area contributed by atoms with Crippen LogP contribution < -0.4 is 0 Å². The van der Waals surface area contributed by atoms with Gasteiger partial charge in [-0.3, -0.25) is 4.79 Å². The summed E-state index contributed by atoms with van der Waals surface area (Å²) < 4.78 is 26.1. The molecule has 1 aromatic rings. The van der Waals surface area contributed by atoms with Crippen LogP contribution in [0.2, 0.25) is 0 Å². The van der Waals surface area contributed by atoms with E-state index < -0.39 is 17.7 Å². The first-order valence-corrected chi connectivity index (χ1v) is 4.86. The molecule has 0 saturated heterocycles. The lowest BCUT2D eigenvalue weighted by Crippen LogP contribution is -2.24. The number of hydrogen-bond acceptors (Lipinski definition) is 2. The Balaban J connectivity index is 2.34. The van der Waals surface area contributed by atoms with Crippen molar-refractivity contribution in [2.75, 3.05) is 0 Å². The van der Waals surface area contributed by atoms with Gasteiger partial charge >= 0.3 is 0 Å². The summed E-state index contributed by atoms with van der Waals surface area (Å²) in [6, 6.07) is 2.84. The van der Waals surface area contributed by atoms with Crippen molar-refractivity contribution in [2.24, 2.45) is 5.10 Å². The molecule has 1 atom stereocenters. The molecule has 0 saturated carbocycles. The number of hydrogen-bond donors (Lipinski definition) is 0. The van der Waals surface area contributed by atoms with Crippen LogP contribution in [0.5, 0.6) is 0 Å². The zero-order valence-corrected chi connectivity index (χ0v) is 8.65. The van der Waals surface area contributed by atoms with Crippen LogP contribution in [0, 0.1) is 11.6 Å². The van der Waals surface area contributed by atoms with E-state index in [-0.39, 0.29) is 5.91 Å². The third kappa shape index (κ3) is 1.93. The van der Waals surface area contributed by atoms with Gasteiger partial charge in [-0.15, -0.1) is 0 Å². The van der Waals surface area contributed by atoms with E-state index in [9.17, 15) is 13.6 Å². The molecule has 3 nitrogen and oxygen atoms in total. The smallest absolute Gasteiger partial charge is 0.240 e. The molecular weight excluding hydrogens is 214 g/mol. The molecule has 1 aliphatic heterocycles. The minimum absolute atomic E-state index is 0.247. The van der Waals surface area contributed by atoms with Crippen molar-refractivity contribution in [3.8, 4) is 0 Å². The highest BCUT2D eigenvalue weighted by Gasteiger charge is 2.26. The van der Waals surface area contributed by atoms with Crippen LogP contribution in [-0.2, 0) is 4.79 Å². The van der Waals surface area contributed by atoms with E-state index in [1.54, 1.807) is 6.21 Å². The Morgan fingerprint density at radius 3 is 2.56 bits per heavy atom. The molecule has 84 valence electrons. The van der Waals surface area contributed by atoms with Gasteiger partial charge in [0.1, 0.15) is 11.6 Å². The molecule has 1 aromatic carbocycles. The van der Waals surface area contributed by atoms with E-state index in [1.807, 2.05) is 0 Å². The first-order valence-electron chi connectivity index (χ1n) is 4.86. The van der Waals surface area contributed by atoms with Gasteiger partial charge in [0.2, 0.25) is 5.91 Å². The summed E-state index contributed by atoms with van der Waals surface area (Å²) in [5, 5.41) is 5.10. The molecule has 2 rings (SSSR count). The number of carbonyl (C=O) groups is 1. The molecule has 0 radical (unpaired) electrons. The summed E-state index contributed by atoms with van der Waals surface area (Å²) in [7, 11) is 0. The van der Waals surface area contributed by atoms with Gasteiger partial charge in [-0.1, -0.05) is 0 Å². The van der Waals surface area contributed by atoms with E-state index >= 15 is 0 Å². The van der Waals surface area contributed by atoms with Gasteiger partial charge in [0, 0.05) is 25.6 Å². The maximum atomic E-state index is 13.0. The summed E-state index contributed by atoms with van der Waals surface area (Å²) in [6.45, 7) is 1.37. The van der Waals surface area contributed by atoms with Gasteiger partial charge in [-0.25, -0.2) is 13.8 Å². The number of hydrazone groups is 1. The third-order valence-corrected chi connectivity index (χ3v) is 2.42.